The molecular weight excluding hydrogens is 719 g/mol. The summed E-state index contributed by atoms with van der Waals surface area (Å²) in [6, 6.07) is 39.8. The first-order valence-corrected chi connectivity index (χ1v) is 20.0. The maximum Gasteiger partial charge on any atom is 0.404 e. The maximum atomic E-state index is 16.2. The van der Waals surface area contributed by atoms with Crippen LogP contribution in [0.1, 0.15) is 61.1 Å². The molecule has 0 saturated heterocycles. The van der Waals surface area contributed by atoms with Crippen molar-refractivity contribution in [3.8, 4) is 0 Å². The summed E-state index contributed by atoms with van der Waals surface area (Å²) in [6.07, 6.45) is 0.689. The maximum absolute atomic E-state index is 16.2. The van der Waals surface area contributed by atoms with Gasteiger partial charge in [0.2, 0.25) is 0 Å². The summed E-state index contributed by atoms with van der Waals surface area (Å²) in [6.45, 7) is 6.80. The Bertz CT molecular complexity index is 2210. The van der Waals surface area contributed by atoms with Crippen LogP contribution in [0.25, 0.3) is 11.0 Å². The van der Waals surface area contributed by atoms with E-state index in [9.17, 15) is 9.36 Å². The monoisotopic (exact) mass is 765 g/mol. The summed E-state index contributed by atoms with van der Waals surface area (Å²) in [5.74, 6) is -0.900. The van der Waals surface area contributed by atoms with Crippen molar-refractivity contribution >= 4 is 24.6 Å². The lowest BCUT2D eigenvalue weighted by atomic mass is 9.83. The van der Waals surface area contributed by atoms with Gasteiger partial charge in [-0.3, -0.25) is 4.57 Å². The summed E-state index contributed by atoms with van der Waals surface area (Å²) in [4.78, 5) is 14.9. The number of benzene rings is 5. The molecule has 0 saturated carbocycles. The Morgan fingerprint density at radius 2 is 1.27 bits per heavy atom. The van der Waals surface area contributed by atoms with E-state index >= 15 is 8.78 Å². The van der Waals surface area contributed by atoms with E-state index in [4.69, 9.17) is 13.8 Å². The van der Waals surface area contributed by atoms with Crippen LogP contribution in [0, 0.1) is 11.8 Å². The molecule has 5 aromatic carbocycles. The van der Waals surface area contributed by atoms with Gasteiger partial charge in [-0.15, -0.1) is 5.10 Å². The third kappa shape index (κ3) is 8.94. The average Bonchev–Trinajstić information content (AvgIpc) is 3.63. The van der Waals surface area contributed by atoms with Crippen LogP contribution in [-0.2, 0) is 53.8 Å². The molecule has 55 heavy (non-hydrogen) atoms. The van der Waals surface area contributed by atoms with Crippen molar-refractivity contribution in [3.63, 3.8) is 0 Å². The number of rotatable bonds is 17. The number of aromatic nitrogens is 3. The van der Waals surface area contributed by atoms with Crippen LogP contribution in [0.15, 0.2) is 133 Å². The Hall–Kier alpha value is -5.02. The van der Waals surface area contributed by atoms with Crippen molar-refractivity contribution in [1.29, 1.82) is 0 Å². The molecule has 286 valence electrons. The highest BCUT2D eigenvalue weighted by Gasteiger charge is 2.55. The first-order valence-electron chi connectivity index (χ1n) is 18.4. The molecule has 0 spiro atoms. The summed E-state index contributed by atoms with van der Waals surface area (Å²) in [5.41, 5.74) is -0.801. The molecule has 0 amide bonds. The molecule has 6 rings (SSSR count). The molecule has 0 bridgehead atoms. The molecular formula is C44H46F2N3O5P. The van der Waals surface area contributed by atoms with Crippen LogP contribution in [0.4, 0.5) is 8.78 Å². The number of alkyl halides is 2. The minimum absolute atomic E-state index is 0.0180. The SMILES string of the molecule is CC(C)COP(=O)(OCC(C)C)C(F)(F)c1ccc(CC(C(=O)OCc2cccc(Cc3ccccc3)c2)(c2ccccc2)n2nnc3ccccc32)cc1. The highest BCUT2D eigenvalue weighted by atomic mass is 31.2. The second-order valence-corrected chi connectivity index (χ2v) is 16.6. The number of ether oxygens (including phenoxy) is 1. The van der Waals surface area contributed by atoms with Gasteiger partial charge < -0.3 is 13.8 Å². The first kappa shape index (κ1) is 39.7. The number of nitrogens with zero attached hydrogens (tertiary/aromatic N) is 3. The predicted molar refractivity (Wildman–Crippen MR) is 210 cm³/mol. The van der Waals surface area contributed by atoms with Crippen LogP contribution < -0.4 is 0 Å². The quantitative estimate of drug-likeness (QED) is 0.0674. The fourth-order valence-electron chi connectivity index (χ4n) is 6.34. The van der Waals surface area contributed by atoms with E-state index in [1.807, 2.05) is 91.0 Å². The van der Waals surface area contributed by atoms with Crippen molar-refractivity contribution in [3.05, 3.63) is 167 Å². The fourth-order valence-corrected chi connectivity index (χ4v) is 8.19. The number of hydrogen-bond acceptors (Lipinski definition) is 7. The van der Waals surface area contributed by atoms with Gasteiger partial charge in [-0.2, -0.15) is 8.78 Å². The Balaban J connectivity index is 1.37. The van der Waals surface area contributed by atoms with Gasteiger partial charge >= 0.3 is 19.2 Å². The largest absolute Gasteiger partial charge is 0.459 e. The standard InChI is InChI=1S/C44H46F2N3O5P/c1-32(2)29-53-55(51,54-30-33(3)4)44(45,46)39-24-22-35(23-25-39)28-43(38-18-9-6-10-19-38,49-41-21-12-11-20-40(41)47-48-49)42(50)52-31-37-17-13-16-36(27-37)26-34-14-7-5-8-15-34/h5-25,27,32-33H,26,28-31H2,1-4H3. The van der Waals surface area contributed by atoms with Gasteiger partial charge in [-0.05, 0) is 58.2 Å². The van der Waals surface area contributed by atoms with Gasteiger partial charge in [0.05, 0.1) is 18.7 Å². The van der Waals surface area contributed by atoms with E-state index in [-0.39, 0.29) is 38.1 Å². The minimum atomic E-state index is -4.93. The minimum Gasteiger partial charge on any atom is -0.459 e. The second kappa shape index (κ2) is 17.2. The lowest BCUT2D eigenvalue weighted by Gasteiger charge is -2.33. The third-order valence-corrected chi connectivity index (χ3v) is 11.1. The van der Waals surface area contributed by atoms with E-state index in [1.54, 1.807) is 38.4 Å². The number of hydrogen-bond donors (Lipinski definition) is 0. The summed E-state index contributed by atoms with van der Waals surface area (Å²) >= 11 is 0. The van der Waals surface area contributed by atoms with E-state index < -0.39 is 30.3 Å². The Morgan fingerprint density at radius 3 is 1.93 bits per heavy atom. The number of para-hydroxylation sites is 1. The molecule has 0 aliphatic rings. The Morgan fingerprint density at radius 1 is 0.691 bits per heavy atom. The van der Waals surface area contributed by atoms with E-state index in [2.05, 4.69) is 22.4 Å². The molecule has 11 heteroatoms. The van der Waals surface area contributed by atoms with Crippen LogP contribution in [0.3, 0.4) is 0 Å². The summed E-state index contributed by atoms with van der Waals surface area (Å²) in [5, 5.41) is 8.90. The molecule has 1 unspecified atom stereocenters. The predicted octanol–water partition coefficient (Wildman–Crippen LogP) is 10.3. The van der Waals surface area contributed by atoms with Crippen LogP contribution >= 0.6 is 7.60 Å². The van der Waals surface area contributed by atoms with E-state index in [0.717, 1.165) is 23.1 Å². The molecule has 0 fully saturated rings. The van der Waals surface area contributed by atoms with Gasteiger partial charge in [-0.1, -0.05) is 154 Å². The number of halogens is 2. The first-order chi connectivity index (χ1) is 26.4. The molecule has 0 aliphatic heterocycles. The third-order valence-electron chi connectivity index (χ3n) is 9.18. The lowest BCUT2D eigenvalue weighted by Crippen LogP contribution is -2.47. The van der Waals surface area contributed by atoms with Crippen molar-refractivity contribution < 1.29 is 31.9 Å². The molecule has 0 aliphatic carbocycles. The number of carbonyl (C=O) groups is 1. The van der Waals surface area contributed by atoms with Crippen LogP contribution in [0.2, 0.25) is 0 Å². The fraction of sp³-hybridized carbons (Fsp3) is 0.295. The zero-order chi connectivity index (χ0) is 39.1. The number of carbonyl (C=O) groups excluding carboxylic acids is 1. The van der Waals surface area contributed by atoms with Crippen LogP contribution in [0.5, 0.6) is 0 Å². The van der Waals surface area contributed by atoms with Gasteiger partial charge in [-0.25, -0.2) is 9.48 Å². The zero-order valence-corrected chi connectivity index (χ0v) is 32.4. The molecule has 6 aromatic rings. The van der Waals surface area contributed by atoms with Crippen LogP contribution in [-0.4, -0.2) is 34.2 Å². The van der Waals surface area contributed by atoms with Crippen molar-refractivity contribution in [1.82, 2.24) is 15.0 Å². The average molecular weight is 766 g/mol. The molecule has 8 nitrogen and oxygen atoms in total. The molecule has 1 heterocycles. The highest BCUT2D eigenvalue weighted by molar-refractivity contribution is 7.54. The van der Waals surface area contributed by atoms with E-state index in [1.165, 1.54) is 24.3 Å². The Labute approximate surface area is 321 Å². The lowest BCUT2D eigenvalue weighted by molar-refractivity contribution is -0.154. The van der Waals surface area contributed by atoms with Gasteiger partial charge in [0.15, 0.2) is 5.54 Å². The van der Waals surface area contributed by atoms with Gasteiger partial charge in [0.1, 0.15) is 12.1 Å². The zero-order valence-electron chi connectivity index (χ0n) is 31.5. The Kier molecular flexibility index (Phi) is 12.4. The molecule has 1 atom stereocenters. The van der Waals surface area contributed by atoms with Crippen molar-refractivity contribution in [2.75, 3.05) is 13.2 Å². The molecule has 0 radical (unpaired) electrons. The second-order valence-electron chi connectivity index (χ2n) is 14.6. The topological polar surface area (TPSA) is 92.5 Å². The number of fused-ring (bicyclic) bond motifs is 1. The van der Waals surface area contributed by atoms with Crippen molar-refractivity contribution in [2.45, 2.75) is 58.3 Å². The van der Waals surface area contributed by atoms with Crippen molar-refractivity contribution in [2.24, 2.45) is 11.8 Å². The normalized spacial score (nSPS) is 13.3. The molecule has 0 N–H and O–H groups in total. The summed E-state index contributed by atoms with van der Waals surface area (Å²) < 4.78 is 64.5. The van der Waals surface area contributed by atoms with E-state index in [0.29, 0.717) is 22.2 Å². The number of esters is 1. The highest BCUT2D eigenvalue weighted by Crippen LogP contribution is 2.67. The smallest absolute Gasteiger partial charge is 0.404 e. The van der Waals surface area contributed by atoms with Gasteiger partial charge in [0, 0.05) is 12.0 Å². The summed E-state index contributed by atoms with van der Waals surface area (Å²) in [7, 11) is -4.93. The van der Waals surface area contributed by atoms with Gasteiger partial charge in [0.25, 0.3) is 0 Å². The molecule has 1 aromatic heterocycles.